The van der Waals surface area contributed by atoms with Crippen LogP contribution in [0.1, 0.15) is 97.8 Å². The molecule has 148 valence electrons. The van der Waals surface area contributed by atoms with E-state index in [2.05, 4.69) is 13.8 Å². The van der Waals surface area contributed by atoms with Crippen LogP contribution in [0, 0.1) is 5.41 Å². The Morgan fingerprint density at radius 3 is 1.68 bits per heavy atom. The van der Waals surface area contributed by atoms with Crippen molar-refractivity contribution in [3.05, 3.63) is 0 Å². The first kappa shape index (κ1) is 25.6. The topological polar surface area (TPSA) is 107 Å². The molecule has 0 aromatic heterocycles. The first-order valence-electron chi connectivity index (χ1n) is 9.70. The first-order valence-corrected chi connectivity index (χ1v) is 9.70. The van der Waals surface area contributed by atoms with Crippen molar-refractivity contribution in [3.8, 4) is 0 Å². The summed E-state index contributed by atoms with van der Waals surface area (Å²) in [6, 6.07) is 0. The van der Waals surface area contributed by atoms with Crippen LogP contribution < -0.4 is 5.73 Å². The fourth-order valence-electron chi connectivity index (χ4n) is 2.42. The number of nitrogens with two attached hydrogens (primary N) is 1. The zero-order valence-corrected chi connectivity index (χ0v) is 16.5. The zero-order chi connectivity index (χ0) is 19.5. The van der Waals surface area contributed by atoms with Gasteiger partial charge in [0.2, 0.25) is 5.91 Å². The summed E-state index contributed by atoms with van der Waals surface area (Å²) in [6.07, 6.45) is 13.7. The maximum absolute atomic E-state index is 12.0. The molecule has 0 bridgehead atoms. The van der Waals surface area contributed by atoms with Crippen LogP contribution in [0.5, 0.6) is 0 Å². The normalized spacial score (nSPS) is 9.88. The number of aliphatic carboxylic acids is 1. The smallest absolute Gasteiger partial charge is 0.300 e. The van der Waals surface area contributed by atoms with Crippen LogP contribution in [-0.2, 0) is 9.59 Å². The van der Waals surface area contributed by atoms with Crippen LogP contribution in [0.25, 0.3) is 0 Å². The molecule has 0 saturated carbocycles. The molecule has 0 aliphatic carbocycles. The highest BCUT2D eigenvalue weighted by molar-refractivity contribution is 5.94. The molecule has 0 saturated heterocycles. The molecule has 0 unspecified atom stereocenters. The van der Waals surface area contributed by atoms with Gasteiger partial charge in [0.25, 0.3) is 5.97 Å². The highest BCUT2D eigenvalue weighted by Crippen LogP contribution is 2.11. The number of rotatable bonds is 13. The molecule has 0 atom stereocenters. The third kappa shape index (κ3) is 20.4. The lowest BCUT2D eigenvalue weighted by Crippen LogP contribution is -2.41. The number of hydrogen-bond donors (Lipinski definition) is 3. The maximum Gasteiger partial charge on any atom is 0.300 e. The Balaban J connectivity index is 0. The van der Waals surface area contributed by atoms with Crippen LogP contribution >= 0.6 is 0 Å². The molecule has 0 fully saturated rings. The predicted molar refractivity (Wildman–Crippen MR) is 104 cm³/mol. The van der Waals surface area contributed by atoms with E-state index in [1.54, 1.807) is 0 Å². The Bertz CT molecular complexity index is 356. The number of carbonyl (C=O) groups excluding carboxylic acids is 1. The lowest BCUT2D eigenvalue weighted by molar-refractivity contribution is -0.134. The van der Waals surface area contributed by atoms with Gasteiger partial charge in [-0.15, -0.1) is 0 Å². The Morgan fingerprint density at radius 2 is 1.28 bits per heavy atom. The van der Waals surface area contributed by atoms with Gasteiger partial charge in [-0.2, -0.15) is 0 Å². The standard InChI is InChI=1S/C17H35N3O.C2H4O2/c1-3-5-7-8-9-10-11-12-13-14-16(21)20(17(18)19)15-6-4-2;1-2(3)4/h3-15H2,1-2H3,(H3,18,19);1H3,(H,3,4). The van der Waals surface area contributed by atoms with Gasteiger partial charge in [-0.05, 0) is 12.8 Å². The molecule has 6 heteroatoms. The van der Waals surface area contributed by atoms with Crippen LogP contribution in [0.15, 0.2) is 0 Å². The van der Waals surface area contributed by atoms with E-state index in [1.807, 2.05) is 0 Å². The summed E-state index contributed by atoms with van der Waals surface area (Å²) in [6.45, 7) is 5.98. The van der Waals surface area contributed by atoms with E-state index in [9.17, 15) is 4.79 Å². The van der Waals surface area contributed by atoms with Crippen molar-refractivity contribution in [1.82, 2.24) is 4.90 Å². The van der Waals surface area contributed by atoms with E-state index >= 15 is 0 Å². The SMILES string of the molecule is CC(=O)O.CCCCCCCCCCCC(=O)N(CCCC)C(=N)N. The Morgan fingerprint density at radius 1 is 0.880 bits per heavy atom. The van der Waals surface area contributed by atoms with Crippen LogP contribution in [-0.4, -0.2) is 34.4 Å². The third-order valence-electron chi connectivity index (χ3n) is 3.82. The molecule has 0 rings (SSSR count). The average molecular weight is 358 g/mol. The third-order valence-corrected chi connectivity index (χ3v) is 3.82. The van der Waals surface area contributed by atoms with Gasteiger partial charge in [0, 0.05) is 19.9 Å². The zero-order valence-electron chi connectivity index (χ0n) is 16.5. The van der Waals surface area contributed by atoms with E-state index in [-0.39, 0.29) is 11.9 Å². The molecule has 6 nitrogen and oxygen atoms in total. The molecule has 0 aromatic rings. The number of carbonyl (C=O) groups is 2. The van der Waals surface area contributed by atoms with Crippen molar-refractivity contribution in [3.63, 3.8) is 0 Å². The van der Waals surface area contributed by atoms with E-state index in [1.165, 1.54) is 49.8 Å². The molecule has 0 aliphatic rings. The monoisotopic (exact) mass is 357 g/mol. The number of amides is 1. The quantitative estimate of drug-likeness (QED) is 0.256. The van der Waals surface area contributed by atoms with E-state index in [0.29, 0.717) is 13.0 Å². The van der Waals surface area contributed by atoms with E-state index in [0.717, 1.165) is 32.6 Å². The van der Waals surface area contributed by atoms with Gasteiger partial charge in [0.15, 0.2) is 5.96 Å². The highest BCUT2D eigenvalue weighted by atomic mass is 16.4. The summed E-state index contributed by atoms with van der Waals surface area (Å²) in [5.41, 5.74) is 5.48. The molecule has 1 amide bonds. The van der Waals surface area contributed by atoms with Crippen molar-refractivity contribution in [2.24, 2.45) is 5.73 Å². The van der Waals surface area contributed by atoms with Crippen molar-refractivity contribution in [2.75, 3.05) is 6.54 Å². The lowest BCUT2D eigenvalue weighted by Gasteiger charge is -2.20. The summed E-state index contributed by atoms with van der Waals surface area (Å²) in [4.78, 5) is 22.4. The second kappa shape index (κ2) is 18.7. The van der Waals surface area contributed by atoms with Crippen LogP contribution in [0.4, 0.5) is 0 Å². The Labute approximate surface area is 153 Å². The molecule has 0 spiro atoms. The van der Waals surface area contributed by atoms with Crippen LogP contribution in [0.3, 0.4) is 0 Å². The number of nitrogens with one attached hydrogen (secondary N) is 1. The summed E-state index contributed by atoms with van der Waals surface area (Å²) < 4.78 is 0. The van der Waals surface area contributed by atoms with E-state index < -0.39 is 5.97 Å². The fraction of sp³-hybridized carbons (Fsp3) is 0.842. The van der Waals surface area contributed by atoms with E-state index in [4.69, 9.17) is 21.0 Å². The minimum absolute atomic E-state index is 0.0129. The predicted octanol–water partition coefficient (Wildman–Crippen LogP) is 4.52. The van der Waals surface area contributed by atoms with Gasteiger partial charge in [0.1, 0.15) is 0 Å². The molecule has 0 aliphatic heterocycles. The Hall–Kier alpha value is -1.59. The number of hydrogen-bond acceptors (Lipinski definition) is 3. The summed E-state index contributed by atoms with van der Waals surface area (Å²) >= 11 is 0. The highest BCUT2D eigenvalue weighted by Gasteiger charge is 2.14. The van der Waals surface area contributed by atoms with Crippen molar-refractivity contribution < 1.29 is 14.7 Å². The minimum Gasteiger partial charge on any atom is -0.481 e. The number of unbranched alkanes of at least 4 members (excludes halogenated alkanes) is 9. The van der Waals surface area contributed by atoms with Gasteiger partial charge in [-0.3, -0.25) is 19.9 Å². The second-order valence-corrected chi connectivity index (χ2v) is 6.38. The van der Waals surface area contributed by atoms with Crippen LogP contribution in [0.2, 0.25) is 0 Å². The van der Waals surface area contributed by atoms with Gasteiger partial charge < -0.3 is 10.8 Å². The largest absolute Gasteiger partial charge is 0.481 e. The van der Waals surface area contributed by atoms with Gasteiger partial charge in [-0.25, -0.2) is 0 Å². The number of carboxylic acids is 1. The van der Waals surface area contributed by atoms with Crippen molar-refractivity contribution in [1.29, 1.82) is 5.41 Å². The van der Waals surface area contributed by atoms with Gasteiger partial charge in [-0.1, -0.05) is 71.6 Å². The number of guanidine groups is 1. The lowest BCUT2D eigenvalue weighted by atomic mass is 10.1. The first-order chi connectivity index (χ1) is 11.9. The fourth-order valence-corrected chi connectivity index (χ4v) is 2.42. The van der Waals surface area contributed by atoms with Crippen molar-refractivity contribution in [2.45, 2.75) is 97.8 Å². The molecule has 25 heavy (non-hydrogen) atoms. The number of nitrogens with zero attached hydrogens (tertiary/aromatic N) is 1. The molecule has 0 aromatic carbocycles. The number of carboxylic acid groups (broad SMARTS) is 1. The van der Waals surface area contributed by atoms with Crippen molar-refractivity contribution >= 4 is 17.8 Å². The summed E-state index contributed by atoms with van der Waals surface area (Å²) in [5, 5.41) is 14.9. The Kier molecular flexibility index (Phi) is 19.2. The molecular formula is C19H39N3O3. The molecule has 4 N–H and O–H groups in total. The molecule has 0 heterocycles. The van der Waals surface area contributed by atoms with Gasteiger partial charge >= 0.3 is 0 Å². The molecule has 0 radical (unpaired) electrons. The summed E-state index contributed by atoms with van der Waals surface area (Å²) in [5.74, 6) is -0.928. The minimum atomic E-state index is -0.833. The molecular weight excluding hydrogens is 318 g/mol. The maximum atomic E-state index is 12.0. The summed E-state index contributed by atoms with van der Waals surface area (Å²) in [7, 11) is 0. The second-order valence-electron chi connectivity index (χ2n) is 6.38. The average Bonchev–Trinajstić information content (AvgIpc) is 2.53. The van der Waals surface area contributed by atoms with Gasteiger partial charge in [0.05, 0.1) is 0 Å².